The minimum absolute atomic E-state index is 0.247. The van der Waals surface area contributed by atoms with Crippen molar-refractivity contribution in [1.29, 1.82) is 0 Å². The lowest BCUT2D eigenvalue weighted by Gasteiger charge is -2.33. The lowest BCUT2D eigenvalue weighted by molar-refractivity contribution is -0.124. The van der Waals surface area contributed by atoms with Crippen molar-refractivity contribution in [2.45, 2.75) is 64.5 Å². The number of unbranched alkanes of at least 4 members (excludes halogenated alkanes) is 3. The minimum Gasteiger partial charge on any atom is -0.299 e. The van der Waals surface area contributed by atoms with Crippen LogP contribution in [0.4, 0.5) is 0 Å². The van der Waals surface area contributed by atoms with E-state index >= 15 is 0 Å². The highest BCUT2D eigenvalue weighted by atomic mass is 32.2. The van der Waals surface area contributed by atoms with Gasteiger partial charge in [0.25, 0.3) is 0 Å². The average molecular weight is 268 g/mol. The average Bonchev–Trinajstić information content (AvgIpc) is 2.33. The summed E-state index contributed by atoms with van der Waals surface area (Å²) in [5.74, 6) is 2.34. The summed E-state index contributed by atoms with van der Waals surface area (Å²) in [6.45, 7) is 10.5. The molecule has 0 aliphatic heterocycles. The number of carbonyl (C=O) groups excluding carboxylic acids is 1. The van der Waals surface area contributed by atoms with Gasteiger partial charge in [-0.1, -0.05) is 45.3 Å². The van der Waals surface area contributed by atoms with Gasteiger partial charge < -0.3 is 0 Å². The second-order valence-electron chi connectivity index (χ2n) is 5.71. The Morgan fingerprint density at radius 2 is 2.11 bits per heavy atom. The van der Waals surface area contributed by atoms with Crippen LogP contribution in [0.15, 0.2) is 12.2 Å². The zero-order valence-electron chi connectivity index (χ0n) is 12.2. The number of carbonyl (C=O) groups is 1. The number of allylic oxidation sites excluding steroid dienone is 1. The van der Waals surface area contributed by atoms with E-state index in [9.17, 15) is 4.79 Å². The topological polar surface area (TPSA) is 17.1 Å². The first-order valence-electron chi connectivity index (χ1n) is 7.36. The summed E-state index contributed by atoms with van der Waals surface area (Å²) in [5, 5.41) is 0.523. The second-order valence-corrected chi connectivity index (χ2v) is 7.06. The van der Waals surface area contributed by atoms with Gasteiger partial charge in [0.05, 0.1) is 0 Å². The molecule has 0 spiro atoms. The van der Waals surface area contributed by atoms with E-state index < -0.39 is 0 Å². The Labute approximate surface area is 117 Å². The molecule has 0 aromatic heterocycles. The van der Waals surface area contributed by atoms with E-state index in [1.54, 1.807) is 0 Å². The highest BCUT2D eigenvalue weighted by Crippen LogP contribution is 2.37. The van der Waals surface area contributed by atoms with Gasteiger partial charge in [0, 0.05) is 17.6 Å². The van der Waals surface area contributed by atoms with Crippen LogP contribution in [-0.2, 0) is 4.79 Å². The van der Waals surface area contributed by atoms with E-state index in [2.05, 4.69) is 27.4 Å². The van der Waals surface area contributed by atoms with Gasteiger partial charge >= 0.3 is 0 Å². The van der Waals surface area contributed by atoms with Crippen molar-refractivity contribution < 1.29 is 4.79 Å². The standard InChI is InChI=1S/C16H28OS/c1-5-6-7-8-9-18-16-11-14(12(2)3)10-15(17)13(16)4/h13-14,16H,2,5-11H2,1,3-4H3. The monoisotopic (exact) mass is 268 g/mol. The number of hydrogen-bond donors (Lipinski definition) is 0. The molecule has 1 aliphatic rings. The molecule has 1 nitrogen and oxygen atoms in total. The second kappa shape index (κ2) is 8.04. The zero-order valence-corrected chi connectivity index (χ0v) is 13.0. The highest BCUT2D eigenvalue weighted by Gasteiger charge is 2.33. The van der Waals surface area contributed by atoms with E-state index in [0.717, 1.165) is 12.8 Å². The molecule has 104 valence electrons. The predicted octanol–water partition coefficient (Wildman–Crippen LogP) is 4.86. The van der Waals surface area contributed by atoms with Crippen molar-refractivity contribution in [1.82, 2.24) is 0 Å². The Bertz CT molecular complexity index is 285. The number of Topliss-reactive ketones (excluding diaryl/α,β-unsaturated/α-hetero) is 1. The summed E-state index contributed by atoms with van der Waals surface area (Å²) < 4.78 is 0. The molecule has 0 heterocycles. The van der Waals surface area contributed by atoms with Crippen molar-refractivity contribution in [2.24, 2.45) is 11.8 Å². The van der Waals surface area contributed by atoms with Gasteiger partial charge in [0.2, 0.25) is 0 Å². The van der Waals surface area contributed by atoms with Crippen LogP contribution in [0.1, 0.15) is 59.3 Å². The van der Waals surface area contributed by atoms with Crippen molar-refractivity contribution in [3.05, 3.63) is 12.2 Å². The van der Waals surface area contributed by atoms with Gasteiger partial charge in [0.15, 0.2) is 0 Å². The number of thioether (sulfide) groups is 1. The quantitative estimate of drug-likeness (QED) is 0.484. The van der Waals surface area contributed by atoms with Crippen LogP contribution in [0.25, 0.3) is 0 Å². The molecule has 0 bridgehead atoms. The summed E-state index contributed by atoms with van der Waals surface area (Å²) in [6.07, 6.45) is 7.15. The lowest BCUT2D eigenvalue weighted by Crippen LogP contribution is -2.33. The highest BCUT2D eigenvalue weighted by molar-refractivity contribution is 7.99. The molecule has 1 saturated carbocycles. The maximum Gasteiger partial charge on any atom is 0.137 e. The van der Waals surface area contributed by atoms with Gasteiger partial charge in [0.1, 0.15) is 5.78 Å². The molecule has 0 amide bonds. The van der Waals surface area contributed by atoms with Gasteiger partial charge in [-0.05, 0) is 31.4 Å². The first-order chi connectivity index (χ1) is 8.56. The summed E-state index contributed by atoms with van der Waals surface area (Å²) in [6, 6.07) is 0. The van der Waals surface area contributed by atoms with E-state index in [1.807, 2.05) is 11.8 Å². The largest absolute Gasteiger partial charge is 0.299 e. The Balaban J connectivity index is 2.37. The van der Waals surface area contributed by atoms with Crippen LogP contribution in [0.2, 0.25) is 0 Å². The van der Waals surface area contributed by atoms with Crippen LogP contribution in [0.5, 0.6) is 0 Å². The maximum absolute atomic E-state index is 12.0. The van der Waals surface area contributed by atoms with Gasteiger partial charge in [-0.25, -0.2) is 0 Å². The van der Waals surface area contributed by atoms with E-state index in [-0.39, 0.29) is 5.92 Å². The van der Waals surface area contributed by atoms with Crippen LogP contribution in [0.3, 0.4) is 0 Å². The molecule has 3 unspecified atom stereocenters. The van der Waals surface area contributed by atoms with Gasteiger partial charge in [-0.2, -0.15) is 11.8 Å². The molecule has 1 aliphatic carbocycles. The fourth-order valence-electron chi connectivity index (χ4n) is 2.56. The molecule has 0 aromatic rings. The molecule has 3 atom stereocenters. The van der Waals surface area contributed by atoms with Crippen LogP contribution < -0.4 is 0 Å². The molecular formula is C16H28OS. The fourth-order valence-corrected chi connectivity index (χ4v) is 4.04. The number of ketones is 1. The Morgan fingerprint density at radius 3 is 2.72 bits per heavy atom. The Hall–Kier alpha value is -0.240. The third-order valence-electron chi connectivity index (χ3n) is 4.06. The molecule has 18 heavy (non-hydrogen) atoms. The Morgan fingerprint density at radius 1 is 1.39 bits per heavy atom. The number of rotatable bonds is 7. The van der Waals surface area contributed by atoms with E-state index in [4.69, 9.17) is 0 Å². The number of hydrogen-bond acceptors (Lipinski definition) is 2. The minimum atomic E-state index is 0.247. The zero-order chi connectivity index (χ0) is 13.5. The van der Waals surface area contributed by atoms with Crippen molar-refractivity contribution >= 4 is 17.5 Å². The summed E-state index contributed by atoms with van der Waals surface area (Å²) in [7, 11) is 0. The van der Waals surface area contributed by atoms with Gasteiger partial charge in [-0.15, -0.1) is 0 Å². The van der Waals surface area contributed by atoms with Crippen LogP contribution in [-0.4, -0.2) is 16.8 Å². The van der Waals surface area contributed by atoms with E-state index in [1.165, 1.54) is 37.0 Å². The van der Waals surface area contributed by atoms with E-state index in [0.29, 0.717) is 17.0 Å². The smallest absolute Gasteiger partial charge is 0.137 e. The van der Waals surface area contributed by atoms with Crippen LogP contribution >= 0.6 is 11.8 Å². The summed E-state index contributed by atoms with van der Waals surface area (Å²) in [4.78, 5) is 12.0. The molecule has 1 rings (SSSR count). The lowest BCUT2D eigenvalue weighted by atomic mass is 9.79. The fraction of sp³-hybridized carbons (Fsp3) is 0.812. The Kier molecular flexibility index (Phi) is 7.06. The third kappa shape index (κ3) is 4.79. The van der Waals surface area contributed by atoms with Crippen molar-refractivity contribution in [3.8, 4) is 0 Å². The predicted molar refractivity (Wildman–Crippen MR) is 82.1 cm³/mol. The third-order valence-corrected chi connectivity index (χ3v) is 5.61. The molecule has 1 fully saturated rings. The van der Waals surface area contributed by atoms with Crippen molar-refractivity contribution in [3.63, 3.8) is 0 Å². The molecule has 0 aromatic carbocycles. The SMILES string of the molecule is C=C(C)C1CC(=O)C(C)C(SCCCCCC)C1. The van der Waals surface area contributed by atoms with Crippen molar-refractivity contribution in [2.75, 3.05) is 5.75 Å². The summed E-state index contributed by atoms with van der Waals surface area (Å²) >= 11 is 2.02. The normalized spacial score (nSPS) is 28.4. The van der Waals surface area contributed by atoms with Crippen LogP contribution in [0, 0.1) is 11.8 Å². The van der Waals surface area contributed by atoms with Gasteiger partial charge in [-0.3, -0.25) is 4.79 Å². The molecular weight excluding hydrogens is 240 g/mol. The maximum atomic E-state index is 12.0. The molecule has 0 radical (unpaired) electrons. The first-order valence-corrected chi connectivity index (χ1v) is 8.40. The molecule has 0 N–H and O–H groups in total. The molecule has 0 saturated heterocycles. The summed E-state index contributed by atoms with van der Waals surface area (Å²) in [5.41, 5.74) is 1.19. The molecule has 2 heteroatoms. The first kappa shape index (κ1) is 15.8.